The summed E-state index contributed by atoms with van der Waals surface area (Å²) in [6.45, 7) is 0. The first-order valence-corrected chi connectivity index (χ1v) is 7.31. The van der Waals surface area contributed by atoms with E-state index in [9.17, 15) is 12.8 Å². The highest BCUT2D eigenvalue weighted by molar-refractivity contribution is 9.10. The maximum atomic E-state index is 13.5. The lowest BCUT2D eigenvalue weighted by molar-refractivity contribution is 0.601. The Morgan fingerprint density at radius 1 is 1.41 bits per heavy atom. The average molecular weight is 341 g/mol. The van der Waals surface area contributed by atoms with Gasteiger partial charge in [0.1, 0.15) is 5.82 Å². The lowest BCUT2D eigenvalue weighted by Gasteiger charge is -2.00. The van der Waals surface area contributed by atoms with E-state index in [1.165, 1.54) is 12.1 Å². The Kier molecular flexibility index (Phi) is 3.19. The fraction of sp³-hybridized carbons (Fsp3) is 0. The first kappa shape index (κ1) is 12.5. The third-order valence-electron chi connectivity index (χ3n) is 1.88. The van der Waals surface area contributed by atoms with Crippen LogP contribution in [0.25, 0.3) is 11.4 Å². The van der Waals surface area contributed by atoms with Gasteiger partial charge < -0.3 is 0 Å². The zero-order chi connectivity index (χ0) is 12.6. The van der Waals surface area contributed by atoms with Gasteiger partial charge >= 0.3 is 0 Å². The number of aromatic nitrogens is 3. The molecule has 5 nitrogen and oxygen atoms in total. The van der Waals surface area contributed by atoms with E-state index in [0.29, 0.717) is 4.47 Å². The number of hydrogen-bond acceptors (Lipinski definition) is 4. The first-order chi connectivity index (χ1) is 7.89. The monoisotopic (exact) mass is 339 g/mol. The molecule has 1 aromatic heterocycles. The molecular weight excluding hydrogens is 337 g/mol. The van der Waals surface area contributed by atoms with Crippen molar-refractivity contribution in [3.8, 4) is 11.4 Å². The van der Waals surface area contributed by atoms with Crippen molar-refractivity contribution in [2.24, 2.45) is 0 Å². The lowest BCUT2D eigenvalue weighted by atomic mass is 10.2. The largest absolute Gasteiger partial charge is 0.296 e. The van der Waals surface area contributed by atoms with Crippen molar-refractivity contribution in [3.05, 3.63) is 28.5 Å². The summed E-state index contributed by atoms with van der Waals surface area (Å²) in [5.74, 6) is -0.661. The van der Waals surface area contributed by atoms with Crippen LogP contribution in [0.1, 0.15) is 0 Å². The number of halogens is 3. The minimum Gasteiger partial charge on any atom is -0.248 e. The third-order valence-corrected chi connectivity index (χ3v) is 3.63. The van der Waals surface area contributed by atoms with E-state index in [1.807, 2.05) is 0 Å². The summed E-state index contributed by atoms with van der Waals surface area (Å²) in [7, 11) is 1.06. The minimum atomic E-state index is -4.01. The smallest absolute Gasteiger partial charge is 0.248 e. The molecule has 0 amide bonds. The molecule has 17 heavy (non-hydrogen) atoms. The summed E-state index contributed by atoms with van der Waals surface area (Å²) >= 11 is 3.13. The Hall–Kier alpha value is -0.990. The topological polar surface area (TPSA) is 75.7 Å². The van der Waals surface area contributed by atoms with Gasteiger partial charge in [0, 0.05) is 15.2 Å². The number of rotatable bonds is 2. The fourth-order valence-electron chi connectivity index (χ4n) is 1.18. The van der Waals surface area contributed by atoms with Crippen LogP contribution in [0.3, 0.4) is 0 Å². The van der Waals surface area contributed by atoms with E-state index in [2.05, 4.69) is 31.1 Å². The Morgan fingerprint density at radius 2 is 2.12 bits per heavy atom. The molecule has 0 aliphatic rings. The van der Waals surface area contributed by atoms with E-state index in [0.717, 1.165) is 0 Å². The van der Waals surface area contributed by atoms with Gasteiger partial charge in [-0.15, -0.1) is 0 Å². The van der Waals surface area contributed by atoms with Gasteiger partial charge in [0.2, 0.25) is 0 Å². The highest BCUT2D eigenvalue weighted by Crippen LogP contribution is 2.28. The predicted octanol–water partition coefficient (Wildman–Crippen LogP) is 2.30. The molecule has 2 aromatic rings. The van der Waals surface area contributed by atoms with E-state index < -0.39 is 20.0 Å². The quantitative estimate of drug-likeness (QED) is 0.851. The van der Waals surface area contributed by atoms with Gasteiger partial charge in [-0.05, 0) is 28.1 Å². The zero-order valence-electron chi connectivity index (χ0n) is 7.99. The lowest BCUT2D eigenvalue weighted by Crippen LogP contribution is -1.93. The summed E-state index contributed by atoms with van der Waals surface area (Å²) in [6, 6.07) is 4.30. The Morgan fingerprint density at radius 3 is 2.65 bits per heavy atom. The van der Waals surface area contributed by atoms with Crippen molar-refractivity contribution in [1.82, 2.24) is 15.2 Å². The molecule has 0 saturated carbocycles. The van der Waals surface area contributed by atoms with Crippen molar-refractivity contribution in [3.63, 3.8) is 0 Å². The van der Waals surface area contributed by atoms with Crippen LogP contribution in [0.4, 0.5) is 4.39 Å². The summed E-state index contributed by atoms with van der Waals surface area (Å²) in [6.07, 6.45) is 0. The molecule has 0 unspecified atom stereocenters. The van der Waals surface area contributed by atoms with E-state index >= 15 is 0 Å². The number of H-pyrrole nitrogens is 1. The molecule has 90 valence electrons. The molecule has 0 spiro atoms. The van der Waals surface area contributed by atoms with E-state index in [-0.39, 0.29) is 11.4 Å². The van der Waals surface area contributed by atoms with Crippen LogP contribution in [0.15, 0.2) is 27.8 Å². The van der Waals surface area contributed by atoms with Crippen molar-refractivity contribution in [2.75, 3.05) is 0 Å². The molecule has 0 atom stereocenters. The van der Waals surface area contributed by atoms with Gasteiger partial charge in [-0.3, -0.25) is 0 Å². The third kappa shape index (κ3) is 2.48. The van der Waals surface area contributed by atoms with Crippen molar-refractivity contribution in [1.29, 1.82) is 0 Å². The summed E-state index contributed by atoms with van der Waals surface area (Å²) < 4.78 is 35.9. The fourth-order valence-corrected chi connectivity index (χ4v) is 2.26. The van der Waals surface area contributed by atoms with Crippen molar-refractivity contribution < 1.29 is 12.8 Å². The van der Waals surface area contributed by atoms with Crippen molar-refractivity contribution >= 4 is 35.7 Å². The van der Waals surface area contributed by atoms with Gasteiger partial charge in [-0.2, -0.15) is 10.1 Å². The zero-order valence-corrected chi connectivity index (χ0v) is 11.1. The first-order valence-electron chi connectivity index (χ1n) is 4.21. The summed E-state index contributed by atoms with van der Waals surface area (Å²) in [5, 5.41) is 5.21. The van der Waals surface area contributed by atoms with Crippen LogP contribution in [-0.2, 0) is 9.05 Å². The number of benzene rings is 1. The number of nitrogens with zero attached hydrogens (tertiary/aromatic N) is 2. The molecule has 1 heterocycles. The molecule has 1 aromatic carbocycles. The van der Waals surface area contributed by atoms with E-state index in [1.54, 1.807) is 6.07 Å². The molecule has 1 N–H and O–H groups in total. The summed E-state index contributed by atoms with van der Waals surface area (Å²) in [4.78, 5) is 3.62. The Labute approximate surface area is 109 Å². The minimum absolute atomic E-state index is 0.0651. The SMILES string of the molecule is O=S(=O)(Cl)c1nc(-c2c(F)cccc2Br)n[nH]1. The molecule has 0 aliphatic carbocycles. The second-order valence-electron chi connectivity index (χ2n) is 3.00. The van der Waals surface area contributed by atoms with Gasteiger partial charge in [0.25, 0.3) is 14.2 Å². The van der Waals surface area contributed by atoms with Crippen LogP contribution in [0.2, 0.25) is 0 Å². The maximum Gasteiger partial charge on any atom is 0.296 e. The second-order valence-corrected chi connectivity index (χ2v) is 6.33. The van der Waals surface area contributed by atoms with Crippen LogP contribution >= 0.6 is 26.6 Å². The molecule has 0 bridgehead atoms. The molecule has 0 fully saturated rings. The van der Waals surface area contributed by atoms with Crippen LogP contribution in [-0.4, -0.2) is 23.6 Å². The number of hydrogen-bond donors (Lipinski definition) is 1. The van der Waals surface area contributed by atoms with Gasteiger partial charge in [-0.25, -0.2) is 17.9 Å². The van der Waals surface area contributed by atoms with E-state index in [4.69, 9.17) is 10.7 Å². The number of aromatic amines is 1. The van der Waals surface area contributed by atoms with Crippen LogP contribution in [0.5, 0.6) is 0 Å². The molecule has 0 radical (unpaired) electrons. The van der Waals surface area contributed by atoms with Gasteiger partial charge in [0.05, 0.1) is 5.56 Å². The van der Waals surface area contributed by atoms with Gasteiger partial charge in [0.15, 0.2) is 5.82 Å². The Bertz CT molecular complexity index is 653. The maximum absolute atomic E-state index is 13.5. The molecular formula is C8H4BrClFN3O2S. The normalized spacial score (nSPS) is 11.7. The van der Waals surface area contributed by atoms with Crippen LogP contribution < -0.4 is 0 Å². The summed E-state index contributed by atoms with van der Waals surface area (Å²) in [5.41, 5.74) is 0.0651. The highest BCUT2D eigenvalue weighted by Gasteiger charge is 2.19. The van der Waals surface area contributed by atoms with Crippen molar-refractivity contribution in [2.45, 2.75) is 5.16 Å². The predicted molar refractivity (Wildman–Crippen MR) is 62.5 cm³/mol. The molecule has 0 saturated heterocycles. The Balaban J connectivity index is 2.59. The molecule has 0 aliphatic heterocycles. The standard InChI is InChI=1S/C8H4BrClFN3O2S/c9-4-2-1-3-5(11)6(4)7-12-8(14-13-7)17(10,15)16/h1-3H,(H,12,13,14). The second kappa shape index (κ2) is 4.35. The molecule has 2 rings (SSSR count). The highest BCUT2D eigenvalue weighted by atomic mass is 79.9. The van der Waals surface area contributed by atoms with Gasteiger partial charge in [-0.1, -0.05) is 6.07 Å². The van der Waals surface area contributed by atoms with Crippen LogP contribution in [0, 0.1) is 5.82 Å². The number of nitrogens with one attached hydrogen (secondary N) is 1. The average Bonchev–Trinajstić information content (AvgIpc) is 2.65. The molecule has 9 heteroatoms.